The van der Waals surface area contributed by atoms with Gasteiger partial charge in [-0.3, -0.25) is 4.99 Å². The maximum atomic E-state index is 6.05. The molecule has 0 aromatic heterocycles. The van der Waals surface area contributed by atoms with Crippen LogP contribution in [0.4, 0.5) is 0 Å². The number of aliphatic imine (C=N–C) groups is 1. The van der Waals surface area contributed by atoms with Crippen molar-refractivity contribution in [3.05, 3.63) is 41.5 Å². The van der Waals surface area contributed by atoms with E-state index in [4.69, 9.17) is 4.74 Å². The van der Waals surface area contributed by atoms with Gasteiger partial charge in [0.05, 0.1) is 5.60 Å². The molecule has 1 heterocycles. The Morgan fingerprint density at radius 1 is 1.21 bits per heavy atom. The van der Waals surface area contributed by atoms with Gasteiger partial charge in [-0.1, -0.05) is 29.8 Å². The molecule has 2 heteroatoms. The van der Waals surface area contributed by atoms with E-state index in [-0.39, 0.29) is 5.60 Å². The van der Waals surface area contributed by atoms with Crippen LogP contribution in [0.5, 0.6) is 0 Å². The molecule has 1 aliphatic heterocycles. The van der Waals surface area contributed by atoms with Gasteiger partial charge in [-0.05, 0) is 81.9 Å². The number of ether oxygens (including phenoxy) is 1. The summed E-state index contributed by atoms with van der Waals surface area (Å²) < 4.78 is 6.05. The SMILES string of the molecule is CN=C(/C=C(\C)c1ccc(C)cc1)CC1CCC2(CCCO2)CC1. The predicted molar refractivity (Wildman–Crippen MR) is 103 cm³/mol. The van der Waals surface area contributed by atoms with Gasteiger partial charge in [-0.25, -0.2) is 0 Å². The van der Waals surface area contributed by atoms with Crippen LogP contribution >= 0.6 is 0 Å². The summed E-state index contributed by atoms with van der Waals surface area (Å²) in [6.07, 6.45) is 11.0. The zero-order valence-corrected chi connectivity index (χ0v) is 15.5. The first-order valence-corrected chi connectivity index (χ1v) is 9.45. The van der Waals surface area contributed by atoms with E-state index < -0.39 is 0 Å². The molecule has 1 spiro atoms. The number of aryl methyl sites for hydroxylation is 1. The molecule has 1 saturated carbocycles. The molecular formula is C22H31NO. The van der Waals surface area contributed by atoms with Gasteiger partial charge >= 0.3 is 0 Å². The maximum absolute atomic E-state index is 6.05. The van der Waals surface area contributed by atoms with Gasteiger partial charge in [0.25, 0.3) is 0 Å². The van der Waals surface area contributed by atoms with Crippen LogP contribution in [0.2, 0.25) is 0 Å². The van der Waals surface area contributed by atoms with Crippen molar-refractivity contribution >= 4 is 11.3 Å². The average molecular weight is 325 g/mol. The first-order valence-electron chi connectivity index (χ1n) is 9.45. The van der Waals surface area contributed by atoms with E-state index in [1.807, 2.05) is 7.05 Å². The van der Waals surface area contributed by atoms with E-state index in [1.165, 1.54) is 60.9 Å². The minimum absolute atomic E-state index is 0.244. The third kappa shape index (κ3) is 4.16. The third-order valence-electron chi connectivity index (χ3n) is 5.88. The normalized spacial score (nSPS) is 28.5. The summed E-state index contributed by atoms with van der Waals surface area (Å²) in [7, 11) is 1.93. The van der Waals surface area contributed by atoms with E-state index in [2.05, 4.69) is 49.2 Å². The fourth-order valence-corrected chi connectivity index (χ4v) is 4.22. The second-order valence-corrected chi connectivity index (χ2v) is 7.69. The zero-order valence-electron chi connectivity index (χ0n) is 15.5. The minimum Gasteiger partial charge on any atom is -0.375 e. The van der Waals surface area contributed by atoms with Gasteiger partial charge in [-0.2, -0.15) is 0 Å². The van der Waals surface area contributed by atoms with Crippen LogP contribution in [-0.4, -0.2) is 25.0 Å². The first-order chi connectivity index (χ1) is 11.6. The van der Waals surface area contributed by atoms with Gasteiger partial charge in [0.2, 0.25) is 0 Å². The number of allylic oxidation sites excluding steroid dienone is 2. The summed E-state index contributed by atoms with van der Waals surface area (Å²) >= 11 is 0. The molecule has 2 nitrogen and oxygen atoms in total. The van der Waals surface area contributed by atoms with Gasteiger partial charge in [0, 0.05) is 19.4 Å². The molecule has 1 aromatic carbocycles. The molecule has 0 atom stereocenters. The smallest absolute Gasteiger partial charge is 0.0683 e. The summed E-state index contributed by atoms with van der Waals surface area (Å²) in [6.45, 7) is 5.30. The molecule has 0 amide bonds. The highest BCUT2D eigenvalue weighted by Gasteiger charge is 2.38. The van der Waals surface area contributed by atoms with Crippen LogP contribution in [-0.2, 0) is 4.74 Å². The van der Waals surface area contributed by atoms with Crippen LogP contribution < -0.4 is 0 Å². The average Bonchev–Trinajstić information content (AvgIpc) is 3.05. The highest BCUT2D eigenvalue weighted by molar-refractivity contribution is 6.00. The molecule has 2 fully saturated rings. The molecule has 1 aromatic rings. The second kappa shape index (κ2) is 7.65. The molecule has 24 heavy (non-hydrogen) atoms. The van der Waals surface area contributed by atoms with E-state index in [1.54, 1.807) is 0 Å². The highest BCUT2D eigenvalue weighted by Crippen LogP contribution is 2.42. The van der Waals surface area contributed by atoms with Gasteiger partial charge in [-0.15, -0.1) is 0 Å². The van der Waals surface area contributed by atoms with Crippen molar-refractivity contribution in [2.24, 2.45) is 10.9 Å². The molecule has 0 N–H and O–H groups in total. The van der Waals surface area contributed by atoms with Crippen molar-refractivity contribution in [2.75, 3.05) is 13.7 Å². The Bertz CT molecular complexity index is 595. The third-order valence-corrected chi connectivity index (χ3v) is 5.88. The standard InChI is InChI=1S/C22H31NO/c1-17-5-7-20(8-6-17)18(2)15-21(23-3)16-19-9-12-22(13-10-19)11-4-14-24-22/h5-8,15,19H,4,9-14,16H2,1-3H3/b18-15+,23-21?. The second-order valence-electron chi connectivity index (χ2n) is 7.69. The predicted octanol–water partition coefficient (Wildman–Crippen LogP) is 5.60. The molecule has 130 valence electrons. The van der Waals surface area contributed by atoms with Gasteiger partial charge in [0.1, 0.15) is 0 Å². The number of benzene rings is 1. The van der Waals surface area contributed by atoms with E-state index in [0.29, 0.717) is 0 Å². The van der Waals surface area contributed by atoms with Crippen LogP contribution in [0.1, 0.15) is 63.0 Å². The van der Waals surface area contributed by atoms with E-state index in [0.717, 1.165) is 18.9 Å². The Hall–Kier alpha value is -1.41. The molecular weight excluding hydrogens is 294 g/mol. The Morgan fingerprint density at radius 2 is 1.92 bits per heavy atom. The summed E-state index contributed by atoms with van der Waals surface area (Å²) in [5, 5.41) is 0. The number of hydrogen-bond acceptors (Lipinski definition) is 2. The molecule has 1 saturated heterocycles. The van der Waals surface area contributed by atoms with E-state index >= 15 is 0 Å². The number of rotatable bonds is 4. The fourth-order valence-electron chi connectivity index (χ4n) is 4.22. The van der Waals surface area contributed by atoms with Crippen molar-refractivity contribution in [3.63, 3.8) is 0 Å². The Kier molecular flexibility index (Phi) is 5.55. The topological polar surface area (TPSA) is 21.6 Å². The van der Waals surface area contributed by atoms with E-state index in [9.17, 15) is 0 Å². The summed E-state index contributed by atoms with van der Waals surface area (Å²) in [4.78, 5) is 4.56. The van der Waals surface area contributed by atoms with Crippen LogP contribution in [0.3, 0.4) is 0 Å². The zero-order chi connectivity index (χ0) is 17.0. The van der Waals surface area contributed by atoms with Gasteiger partial charge in [0.15, 0.2) is 0 Å². The van der Waals surface area contributed by atoms with Crippen LogP contribution in [0.15, 0.2) is 35.3 Å². The highest BCUT2D eigenvalue weighted by atomic mass is 16.5. The first kappa shape index (κ1) is 17.4. The van der Waals surface area contributed by atoms with Crippen molar-refractivity contribution in [1.29, 1.82) is 0 Å². The number of nitrogens with zero attached hydrogens (tertiary/aromatic N) is 1. The van der Waals surface area contributed by atoms with Crippen molar-refractivity contribution in [2.45, 2.75) is 64.4 Å². The Balaban J connectivity index is 1.59. The quantitative estimate of drug-likeness (QED) is 0.660. The monoisotopic (exact) mass is 325 g/mol. The number of hydrogen-bond donors (Lipinski definition) is 0. The molecule has 3 rings (SSSR count). The molecule has 2 aliphatic rings. The summed E-state index contributed by atoms with van der Waals surface area (Å²) in [5.74, 6) is 0.764. The van der Waals surface area contributed by atoms with Crippen LogP contribution in [0, 0.1) is 12.8 Å². The molecule has 0 bridgehead atoms. The Morgan fingerprint density at radius 3 is 2.50 bits per heavy atom. The molecule has 0 radical (unpaired) electrons. The summed E-state index contributed by atoms with van der Waals surface area (Å²) in [6, 6.07) is 8.77. The van der Waals surface area contributed by atoms with Crippen molar-refractivity contribution in [3.8, 4) is 0 Å². The lowest BCUT2D eigenvalue weighted by Gasteiger charge is -2.36. The Labute approximate surface area is 147 Å². The molecule has 0 unspecified atom stereocenters. The van der Waals surface area contributed by atoms with Gasteiger partial charge < -0.3 is 4.74 Å². The fraction of sp³-hybridized carbons (Fsp3) is 0.591. The lowest BCUT2D eigenvalue weighted by atomic mass is 9.75. The lowest BCUT2D eigenvalue weighted by Crippen LogP contribution is -2.33. The summed E-state index contributed by atoms with van der Waals surface area (Å²) in [5.41, 5.74) is 5.39. The largest absolute Gasteiger partial charge is 0.375 e. The minimum atomic E-state index is 0.244. The van der Waals surface area contributed by atoms with Crippen molar-refractivity contribution < 1.29 is 4.74 Å². The lowest BCUT2D eigenvalue weighted by molar-refractivity contribution is -0.0340. The molecule has 1 aliphatic carbocycles. The maximum Gasteiger partial charge on any atom is 0.0683 e. The van der Waals surface area contributed by atoms with Crippen molar-refractivity contribution in [1.82, 2.24) is 0 Å². The van der Waals surface area contributed by atoms with Crippen LogP contribution in [0.25, 0.3) is 5.57 Å².